The van der Waals surface area contributed by atoms with Crippen LogP contribution in [0.15, 0.2) is 34.1 Å². The standard InChI is InChI=1S/C11H14O2S2/c12-15(13,9-5-1-2-6-9)11-8-4-3-7-10(11)14/h3-4,7-9,14H,1-2,5-6H2. The Morgan fingerprint density at radius 3 is 2.33 bits per heavy atom. The third-order valence-electron chi connectivity index (χ3n) is 2.91. The SMILES string of the molecule is O=S(=O)(c1ccccc1S)C1CCCC1. The second-order valence-corrected chi connectivity index (χ2v) is 6.60. The molecule has 0 atom stereocenters. The molecular weight excluding hydrogens is 228 g/mol. The first-order valence-corrected chi connectivity index (χ1v) is 7.13. The predicted octanol–water partition coefficient (Wildman–Crippen LogP) is 2.69. The molecule has 0 unspecified atom stereocenters. The summed E-state index contributed by atoms with van der Waals surface area (Å²) < 4.78 is 24.4. The molecule has 82 valence electrons. The Balaban J connectivity index is 2.41. The monoisotopic (exact) mass is 242 g/mol. The molecule has 2 rings (SSSR count). The summed E-state index contributed by atoms with van der Waals surface area (Å²) in [7, 11) is -3.15. The van der Waals surface area contributed by atoms with Gasteiger partial charge < -0.3 is 0 Å². The number of sulfone groups is 1. The van der Waals surface area contributed by atoms with Gasteiger partial charge in [-0.15, -0.1) is 12.6 Å². The van der Waals surface area contributed by atoms with Gasteiger partial charge in [-0.3, -0.25) is 0 Å². The van der Waals surface area contributed by atoms with Crippen LogP contribution >= 0.6 is 12.6 Å². The summed E-state index contributed by atoms with van der Waals surface area (Å²) >= 11 is 4.20. The number of hydrogen-bond acceptors (Lipinski definition) is 3. The Morgan fingerprint density at radius 1 is 1.13 bits per heavy atom. The number of thiol groups is 1. The Kier molecular flexibility index (Phi) is 3.07. The maximum absolute atomic E-state index is 12.2. The molecule has 1 aliphatic carbocycles. The van der Waals surface area contributed by atoms with E-state index in [0.717, 1.165) is 25.7 Å². The van der Waals surface area contributed by atoms with E-state index in [-0.39, 0.29) is 5.25 Å². The minimum Gasteiger partial charge on any atom is -0.223 e. The lowest BCUT2D eigenvalue weighted by molar-refractivity contribution is 0.577. The van der Waals surface area contributed by atoms with E-state index in [4.69, 9.17) is 0 Å². The Morgan fingerprint density at radius 2 is 1.73 bits per heavy atom. The Labute approximate surface area is 96.0 Å². The summed E-state index contributed by atoms with van der Waals surface area (Å²) in [4.78, 5) is 0.949. The fourth-order valence-electron chi connectivity index (χ4n) is 2.08. The van der Waals surface area contributed by atoms with Gasteiger partial charge in [-0.1, -0.05) is 25.0 Å². The Hall–Kier alpha value is -0.480. The maximum atomic E-state index is 12.2. The van der Waals surface area contributed by atoms with E-state index >= 15 is 0 Å². The highest BCUT2D eigenvalue weighted by Crippen LogP contribution is 2.31. The summed E-state index contributed by atoms with van der Waals surface area (Å²) in [6, 6.07) is 6.93. The normalized spacial score (nSPS) is 18.2. The summed E-state index contributed by atoms with van der Waals surface area (Å²) in [6.45, 7) is 0. The average Bonchev–Trinajstić information content (AvgIpc) is 2.71. The van der Waals surface area contributed by atoms with Crippen LogP contribution in [0.3, 0.4) is 0 Å². The first-order chi connectivity index (χ1) is 7.12. The van der Waals surface area contributed by atoms with Crippen molar-refractivity contribution in [3.8, 4) is 0 Å². The van der Waals surface area contributed by atoms with Crippen molar-refractivity contribution in [3.63, 3.8) is 0 Å². The zero-order valence-electron chi connectivity index (χ0n) is 8.39. The van der Waals surface area contributed by atoms with Crippen LogP contribution in [0.5, 0.6) is 0 Å². The zero-order chi connectivity index (χ0) is 10.9. The van der Waals surface area contributed by atoms with Gasteiger partial charge in [0.15, 0.2) is 9.84 Å². The third-order valence-corrected chi connectivity index (χ3v) is 5.77. The molecule has 2 nitrogen and oxygen atoms in total. The van der Waals surface area contributed by atoms with E-state index in [1.54, 1.807) is 24.3 Å². The maximum Gasteiger partial charge on any atom is 0.182 e. The fourth-order valence-corrected chi connectivity index (χ4v) is 4.56. The number of rotatable bonds is 2. The molecule has 1 saturated carbocycles. The van der Waals surface area contributed by atoms with Crippen molar-refractivity contribution in [1.29, 1.82) is 0 Å². The Bertz CT molecular complexity index is 445. The van der Waals surface area contributed by atoms with E-state index in [1.807, 2.05) is 0 Å². The fraction of sp³-hybridized carbons (Fsp3) is 0.455. The van der Waals surface area contributed by atoms with Crippen molar-refractivity contribution in [2.24, 2.45) is 0 Å². The van der Waals surface area contributed by atoms with Crippen molar-refractivity contribution >= 4 is 22.5 Å². The van der Waals surface area contributed by atoms with Gasteiger partial charge in [0.1, 0.15) is 0 Å². The van der Waals surface area contributed by atoms with Crippen LogP contribution in [0, 0.1) is 0 Å². The van der Waals surface area contributed by atoms with E-state index in [0.29, 0.717) is 9.79 Å². The molecule has 0 saturated heterocycles. The lowest BCUT2D eigenvalue weighted by atomic mass is 10.4. The van der Waals surface area contributed by atoms with Crippen LogP contribution in [-0.2, 0) is 9.84 Å². The van der Waals surface area contributed by atoms with Crippen molar-refractivity contribution in [3.05, 3.63) is 24.3 Å². The second kappa shape index (κ2) is 4.18. The smallest absolute Gasteiger partial charge is 0.182 e. The minimum atomic E-state index is -3.15. The molecule has 0 amide bonds. The average molecular weight is 242 g/mol. The van der Waals surface area contributed by atoms with Crippen molar-refractivity contribution in [1.82, 2.24) is 0 Å². The molecule has 0 aromatic heterocycles. The van der Waals surface area contributed by atoms with Gasteiger partial charge in [-0.05, 0) is 25.0 Å². The molecule has 0 N–H and O–H groups in total. The molecule has 15 heavy (non-hydrogen) atoms. The molecule has 4 heteroatoms. The molecule has 1 aromatic carbocycles. The predicted molar refractivity (Wildman–Crippen MR) is 63.1 cm³/mol. The third kappa shape index (κ3) is 2.06. The van der Waals surface area contributed by atoms with Gasteiger partial charge in [0, 0.05) is 4.90 Å². The van der Waals surface area contributed by atoms with Gasteiger partial charge in [0.2, 0.25) is 0 Å². The summed E-state index contributed by atoms with van der Waals surface area (Å²) in [6.07, 6.45) is 3.65. The van der Waals surface area contributed by atoms with E-state index < -0.39 is 9.84 Å². The summed E-state index contributed by atoms with van der Waals surface area (Å²) in [5, 5.41) is -0.189. The largest absolute Gasteiger partial charge is 0.223 e. The quantitative estimate of drug-likeness (QED) is 0.809. The van der Waals surface area contributed by atoms with Crippen LogP contribution in [0.1, 0.15) is 25.7 Å². The minimum absolute atomic E-state index is 0.189. The molecule has 0 spiro atoms. The molecular formula is C11H14O2S2. The van der Waals surface area contributed by atoms with Gasteiger partial charge >= 0.3 is 0 Å². The van der Waals surface area contributed by atoms with Crippen LogP contribution < -0.4 is 0 Å². The lowest BCUT2D eigenvalue weighted by Gasteiger charge is -2.12. The molecule has 1 fully saturated rings. The van der Waals surface area contributed by atoms with Crippen molar-refractivity contribution < 1.29 is 8.42 Å². The summed E-state index contributed by atoms with van der Waals surface area (Å²) in [5.41, 5.74) is 0. The van der Waals surface area contributed by atoms with Gasteiger partial charge in [0.25, 0.3) is 0 Å². The highest BCUT2D eigenvalue weighted by molar-refractivity contribution is 7.92. The van der Waals surface area contributed by atoms with Gasteiger partial charge in [0.05, 0.1) is 10.1 Å². The van der Waals surface area contributed by atoms with Crippen LogP contribution in [0.4, 0.5) is 0 Å². The van der Waals surface area contributed by atoms with E-state index in [2.05, 4.69) is 12.6 Å². The van der Waals surface area contributed by atoms with Crippen molar-refractivity contribution in [2.45, 2.75) is 40.7 Å². The molecule has 0 heterocycles. The zero-order valence-corrected chi connectivity index (χ0v) is 10.1. The van der Waals surface area contributed by atoms with Crippen LogP contribution in [0.25, 0.3) is 0 Å². The summed E-state index contributed by atoms with van der Waals surface area (Å²) in [5.74, 6) is 0. The van der Waals surface area contributed by atoms with Crippen LogP contribution in [-0.4, -0.2) is 13.7 Å². The highest BCUT2D eigenvalue weighted by Gasteiger charge is 2.31. The van der Waals surface area contributed by atoms with Crippen molar-refractivity contribution in [2.75, 3.05) is 0 Å². The van der Waals surface area contributed by atoms with E-state index in [1.165, 1.54) is 0 Å². The second-order valence-electron chi connectivity index (χ2n) is 3.92. The highest BCUT2D eigenvalue weighted by atomic mass is 32.2. The first-order valence-electron chi connectivity index (χ1n) is 5.14. The molecule has 0 radical (unpaired) electrons. The molecule has 1 aromatic rings. The van der Waals surface area contributed by atoms with Crippen LogP contribution in [0.2, 0.25) is 0 Å². The van der Waals surface area contributed by atoms with Gasteiger partial charge in [-0.25, -0.2) is 8.42 Å². The molecule has 0 bridgehead atoms. The first kappa shape index (κ1) is 11.0. The molecule has 1 aliphatic rings. The number of benzene rings is 1. The number of hydrogen-bond donors (Lipinski definition) is 1. The lowest BCUT2D eigenvalue weighted by Crippen LogP contribution is -2.18. The van der Waals surface area contributed by atoms with E-state index in [9.17, 15) is 8.42 Å². The molecule has 0 aliphatic heterocycles. The van der Waals surface area contributed by atoms with Gasteiger partial charge in [-0.2, -0.15) is 0 Å². The topological polar surface area (TPSA) is 34.1 Å².